The van der Waals surface area contributed by atoms with E-state index in [-0.39, 0.29) is 30.2 Å². The molecule has 2 N–H and O–H groups in total. The topological polar surface area (TPSA) is 123 Å². The molecule has 0 spiro atoms. The van der Waals surface area contributed by atoms with Crippen LogP contribution in [0, 0.1) is 5.41 Å². The minimum absolute atomic E-state index is 0.0281. The number of benzene rings is 2. The number of likely N-dealkylation sites (tertiary alicyclic amines) is 1. The number of rotatable bonds is 8. The van der Waals surface area contributed by atoms with Gasteiger partial charge in [0.1, 0.15) is 17.2 Å². The Bertz CT molecular complexity index is 1350. The fraction of sp³-hybridized carbons (Fsp3) is 0.345. The number of aliphatic carboxylic acids is 2. The number of carbonyl (C=O) groups excluding carboxylic acids is 1. The van der Waals surface area contributed by atoms with Gasteiger partial charge >= 0.3 is 18.3 Å². The second kappa shape index (κ2) is 12.8. The molecule has 1 fully saturated rings. The molecule has 0 bridgehead atoms. The number of hydrogen-bond donors (Lipinski definition) is 2. The lowest BCUT2D eigenvalue weighted by Crippen LogP contribution is -2.29. The zero-order chi connectivity index (χ0) is 30.4. The Balaban J connectivity index is 0.000000232. The van der Waals surface area contributed by atoms with E-state index in [1.165, 1.54) is 45.4 Å². The van der Waals surface area contributed by atoms with Gasteiger partial charge in [-0.1, -0.05) is 30.3 Å². The van der Waals surface area contributed by atoms with Crippen LogP contribution in [0.3, 0.4) is 0 Å². The predicted octanol–water partition coefficient (Wildman–Crippen LogP) is 5.30. The number of halogens is 3. The SMILES string of the molecule is COc1cccc(OC)c1C1=CC(C)(C(=O)O)CC(C(=O)O)=C1.O=C1CCCN1Cc1ccccc1OC(F)(F)F. The first kappa shape index (κ1) is 31.1. The lowest BCUT2D eigenvalue weighted by atomic mass is 9.76. The normalized spacial score (nSPS) is 18.5. The summed E-state index contributed by atoms with van der Waals surface area (Å²) in [5.41, 5.74) is 0.0608. The summed E-state index contributed by atoms with van der Waals surface area (Å²) in [6.45, 7) is 2.23. The highest BCUT2D eigenvalue weighted by Gasteiger charge is 2.37. The zero-order valence-corrected chi connectivity index (χ0v) is 22.7. The fourth-order valence-electron chi connectivity index (χ4n) is 4.56. The molecule has 4 rings (SSSR count). The van der Waals surface area contributed by atoms with E-state index >= 15 is 0 Å². The van der Waals surface area contributed by atoms with E-state index in [0.717, 1.165) is 6.42 Å². The first-order chi connectivity index (χ1) is 19.3. The lowest BCUT2D eigenvalue weighted by molar-refractivity contribution is -0.275. The number of para-hydroxylation sites is 1. The van der Waals surface area contributed by atoms with Crippen LogP contribution in [0.15, 0.2) is 60.2 Å². The number of carboxylic acids is 2. The van der Waals surface area contributed by atoms with Crippen molar-refractivity contribution in [1.29, 1.82) is 0 Å². The molecule has 1 aliphatic carbocycles. The van der Waals surface area contributed by atoms with E-state index < -0.39 is 23.7 Å². The van der Waals surface area contributed by atoms with Crippen LogP contribution in [0.25, 0.3) is 5.57 Å². The van der Waals surface area contributed by atoms with E-state index in [2.05, 4.69) is 4.74 Å². The Kier molecular flexibility index (Phi) is 9.69. The number of carbonyl (C=O) groups is 3. The Morgan fingerprint density at radius 2 is 1.61 bits per heavy atom. The number of amides is 1. The van der Waals surface area contributed by atoms with E-state index in [1.54, 1.807) is 35.2 Å². The molecular weight excluding hydrogens is 547 g/mol. The van der Waals surface area contributed by atoms with E-state index in [9.17, 15) is 37.8 Å². The summed E-state index contributed by atoms with van der Waals surface area (Å²) in [6.07, 6.45) is -0.581. The molecule has 12 heteroatoms. The van der Waals surface area contributed by atoms with Gasteiger partial charge in [-0.05, 0) is 49.6 Å². The van der Waals surface area contributed by atoms with E-state index in [1.807, 2.05) is 0 Å². The maximum absolute atomic E-state index is 12.2. The van der Waals surface area contributed by atoms with Crippen LogP contribution in [-0.2, 0) is 20.9 Å². The summed E-state index contributed by atoms with van der Waals surface area (Å²) in [4.78, 5) is 36.0. The fourth-order valence-corrected chi connectivity index (χ4v) is 4.56. The number of allylic oxidation sites excluding steroid dienone is 2. The molecule has 1 unspecified atom stereocenters. The molecule has 0 saturated carbocycles. The molecule has 1 heterocycles. The van der Waals surface area contributed by atoms with Crippen LogP contribution < -0.4 is 14.2 Å². The third-order valence-corrected chi connectivity index (χ3v) is 6.57. The summed E-state index contributed by atoms with van der Waals surface area (Å²) in [5.74, 6) is -1.55. The molecule has 1 atom stereocenters. The highest BCUT2D eigenvalue weighted by Crippen LogP contribution is 2.43. The molecule has 1 aliphatic heterocycles. The maximum Gasteiger partial charge on any atom is 0.573 e. The molecule has 0 radical (unpaired) electrons. The number of ether oxygens (including phenoxy) is 3. The average molecular weight is 578 g/mol. The summed E-state index contributed by atoms with van der Waals surface area (Å²) in [7, 11) is 2.97. The van der Waals surface area contributed by atoms with Gasteiger partial charge in [-0.25, -0.2) is 4.79 Å². The van der Waals surface area contributed by atoms with Gasteiger partial charge in [0.15, 0.2) is 0 Å². The molecule has 41 heavy (non-hydrogen) atoms. The van der Waals surface area contributed by atoms with Crippen LogP contribution in [-0.4, -0.2) is 60.1 Å². The zero-order valence-electron chi connectivity index (χ0n) is 22.7. The van der Waals surface area contributed by atoms with Gasteiger partial charge in [-0.3, -0.25) is 9.59 Å². The Morgan fingerprint density at radius 1 is 1.00 bits per heavy atom. The average Bonchev–Trinajstić information content (AvgIpc) is 3.32. The largest absolute Gasteiger partial charge is 0.573 e. The highest BCUT2D eigenvalue weighted by atomic mass is 19.4. The number of nitrogens with zero attached hydrogens (tertiary/aromatic N) is 1. The van der Waals surface area contributed by atoms with Crippen molar-refractivity contribution in [2.24, 2.45) is 5.41 Å². The van der Waals surface area contributed by atoms with Gasteiger partial charge in [0, 0.05) is 30.6 Å². The summed E-state index contributed by atoms with van der Waals surface area (Å²) in [5, 5.41) is 18.8. The van der Waals surface area contributed by atoms with Gasteiger partial charge in [-0.2, -0.15) is 0 Å². The quantitative estimate of drug-likeness (QED) is 0.434. The van der Waals surface area contributed by atoms with Crippen LogP contribution >= 0.6 is 0 Å². The van der Waals surface area contributed by atoms with Crippen molar-refractivity contribution in [3.8, 4) is 17.2 Å². The Hall–Kier alpha value is -4.48. The Labute approximate surface area is 234 Å². The van der Waals surface area contributed by atoms with Crippen molar-refractivity contribution in [2.75, 3.05) is 20.8 Å². The van der Waals surface area contributed by atoms with Gasteiger partial charge in [0.25, 0.3) is 0 Å². The van der Waals surface area contributed by atoms with Crippen molar-refractivity contribution < 1.29 is 52.0 Å². The van der Waals surface area contributed by atoms with Gasteiger partial charge in [-0.15, -0.1) is 13.2 Å². The summed E-state index contributed by atoms with van der Waals surface area (Å²) >= 11 is 0. The first-order valence-electron chi connectivity index (χ1n) is 12.5. The molecule has 2 aromatic carbocycles. The Morgan fingerprint density at radius 3 is 2.12 bits per heavy atom. The molecule has 0 aromatic heterocycles. The second-order valence-electron chi connectivity index (χ2n) is 9.59. The van der Waals surface area contributed by atoms with Crippen LogP contribution in [0.4, 0.5) is 13.2 Å². The van der Waals surface area contributed by atoms with Crippen LogP contribution in [0.5, 0.6) is 17.2 Å². The smallest absolute Gasteiger partial charge is 0.496 e. The van der Waals surface area contributed by atoms with E-state index in [0.29, 0.717) is 41.2 Å². The molecule has 2 aliphatic rings. The van der Waals surface area contributed by atoms with Crippen molar-refractivity contribution in [3.05, 3.63) is 71.3 Å². The molecule has 220 valence electrons. The molecule has 1 amide bonds. The number of methoxy groups -OCH3 is 2. The minimum atomic E-state index is -4.72. The van der Waals surface area contributed by atoms with Gasteiger partial charge in [0.05, 0.1) is 25.2 Å². The summed E-state index contributed by atoms with van der Waals surface area (Å²) < 4.78 is 51.2. The maximum atomic E-state index is 12.2. The minimum Gasteiger partial charge on any atom is -0.496 e. The standard InChI is InChI=1S/C17H18O6.C12H12F3NO2/c1-17(16(20)21)8-10(7-11(9-17)15(18)19)14-12(22-2)5-4-6-13(14)23-3;13-12(14,15)18-10-5-2-1-4-9(10)8-16-7-3-6-11(16)17/h4-8H,9H2,1-3H3,(H,18,19)(H,20,21);1-2,4-5H,3,6-8H2. The number of carboxylic acid groups (broad SMARTS) is 2. The highest BCUT2D eigenvalue weighted by molar-refractivity contribution is 5.97. The molecule has 2 aromatic rings. The predicted molar refractivity (Wildman–Crippen MR) is 141 cm³/mol. The second-order valence-corrected chi connectivity index (χ2v) is 9.59. The van der Waals surface area contributed by atoms with Crippen molar-refractivity contribution >= 4 is 23.4 Å². The van der Waals surface area contributed by atoms with Crippen molar-refractivity contribution in [1.82, 2.24) is 4.90 Å². The monoisotopic (exact) mass is 577 g/mol. The van der Waals surface area contributed by atoms with E-state index in [4.69, 9.17) is 9.47 Å². The molecule has 1 saturated heterocycles. The van der Waals surface area contributed by atoms with Crippen molar-refractivity contribution in [2.45, 2.75) is 39.1 Å². The van der Waals surface area contributed by atoms with Crippen LogP contribution in [0.2, 0.25) is 0 Å². The summed E-state index contributed by atoms with van der Waals surface area (Å²) in [6, 6.07) is 11.0. The third kappa shape index (κ3) is 7.80. The van der Waals surface area contributed by atoms with Gasteiger partial charge in [0.2, 0.25) is 5.91 Å². The third-order valence-electron chi connectivity index (χ3n) is 6.57. The lowest BCUT2D eigenvalue weighted by Gasteiger charge is -2.27. The number of alkyl halides is 3. The molecular formula is C29H30F3NO8. The van der Waals surface area contributed by atoms with Gasteiger partial charge < -0.3 is 29.3 Å². The van der Waals surface area contributed by atoms with Crippen molar-refractivity contribution in [3.63, 3.8) is 0 Å². The van der Waals surface area contributed by atoms with Crippen LogP contribution in [0.1, 0.15) is 37.3 Å². The first-order valence-corrected chi connectivity index (χ1v) is 12.5. The molecule has 9 nitrogen and oxygen atoms in total. The number of hydrogen-bond acceptors (Lipinski definition) is 6.